The lowest BCUT2D eigenvalue weighted by atomic mass is 10.1. The molecule has 0 atom stereocenters. The standard InChI is InChI=1S/C24H20N2O2S/c1-28-20-14-12-17(13-15-20)16-21(27)25-24-26-22(18-8-4-2-5-9-18)23(29-24)19-10-6-3-7-11-19/h2-15H,16H2,1H3,(H,25,26,27). The molecule has 1 amide bonds. The number of carbonyl (C=O) groups excluding carboxylic acids is 1. The monoisotopic (exact) mass is 400 g/mol. The van der Waals surface area contributed by atoms with Gasteiger partial charge in [-0.25, -0.2) is 4.98 Å². The van der Waals surface area contributed by atoms with Gasteiger partial charge in [-0.1, -0.05) is 84.1 Å². The summed E-state index contributed by atoms with van der Waals surface area (Å²) in [7, 11) is 1.62. The number of methoxy groups -OCH3 is 1. The molecule has 1 heterocycles. The third-order valence-corrected chi connectivity index (χ3v) is 5.50. The van der Waals surface area contributed by atoms with Crippen LogP contribution in [-0.2, 0) is 11.2 Å². The van der Waals surface area contributed by atoms with Gasteiger partial charge in [-0.05, 0) is 23.3 Å². The van der Waals surface area contributed by atoms with Gasteiger partial charge in [0.05, 0.1) is 24.1 Å². The molecule has 144 valence electrons. The smallest absolute Gasteiger partial charge is 0.230 e. The molecule has 0 aliphatic carbocycles. The number of benzene rings is 3. The highest BCUT2D eigenvalue weighted by atomic mass is 32.1. The zero-order valence-corrected chi connectivity index (χ0v) is 16.8. The maximum Gasteiger partial charge on any atom is 0.230 e. The molecule has 0 unspecified atom stereocenters. The molecule has 0 bridgehead atoms. The number of aromatic nitrogens is 1. The first-order valence-electron chi connectivity index (χ1n) is 9.27. The van der Waals surface area contributed by atoms with Gasteiger partial charge in [0, 0.05) is 5.56 Å². The Balaban J connectivity index is 1.59. The summed E-state index contributed by atoms with van der Waals surface area (Å²) < 4.78 is 5.16. The Morgan fingerprint density at radius 2 is 1.52 bits per heavy atom. The lowest BCUT2D eigenvalue weighted by Gasteiger charge is -2.03. The Labute approximate surface area is 173 Å². The van der Waals surface area contributed by atoms with E-state index in [9.17, 15) is 4.79 Å². The number of nitrogens with one attached hydrogen (secondary N) is 1. The molecule has 1 aromatic heterocycles. The van der Waals surface area contributed by atoms with Crippen LogP contribution in [0.5, 0.6) is 5.75 Å². The topological polar surface area (TPSA) is 51.2 Å². The van der Waals surface area contributed by atoms with Gasteiger partial charge in [0.25, 0.3) is 0 Å². The minimum absolute atomic E-state index is 0.0943. The van der Waals surface area contributed by atoms with Crippen LogP contribution in [0.4, 0.5) is 5.13 Å². The van der Waals surface area contributed by atoms with Crippen molar-refractivity contribution in [2.45, 2.75) is 6.42 Å². The van der Waals surface area contributed by atoms with E-state index in [0.29, 0.717) is 5.13 Å². The van der Waals surface area contributed by atoms with Gasteiger partial charge in [0.15, 0.2) is 5.13 Å². The van der Waals surface area contributed by atoms with E-state index in [4.69, 9.17) is 9.72 Å². The summed E-state index contributed by atoms with van der Waals surface area (Å²) in [5.41, 5.74) is 3.91. The number of amides is 1. The molecular formula is C24H20N2O2S. The Bertz CT molecular complexity index is 1030. The van der Waals surface area contributed by atoms with E-state index < -0.39 is 0 Å². The molecule has 4 rings (SSSR count). The van der Waals surface area contributed by atoms with Gasteiger partial charge in [-0.3, -0.25) is 4.79 Å². The normalized spacial score (nSPS) is 10.5. The van der Waals surface area contributed by atoms with Crippen LogP contribution in [0.1, 0.15) is 5.56 Å². The maximum absolute atomic E-state index is 12.6. The number of thiazole rings is 1. The molecule has 0 saturated carbocycles. The second-order valence-electron chi connectivity index (χ2n) is 6.50. The van der Waals surface area contributed by atoms with Crippen molar-refractivity contribution in [3.63, 3.8) is 0 Å². The van der Waals surface area contributed by atoms with E-state index in [-0.39, 0.29) is 12.3 Å². The van der Waals surface area contributed by atoms with Gasteiger partial charge in [0.1, 0.15) is 5.75 Å². The van der Waals surface area contributed by atoms with Crippen LogP contribution in [-0.4, -0.2) is 18.0 Å². The zero-order chi connectivity index (χ0) is 20.1. The van der Waals surface area contributed by atoms with E-state index in [1.807, 2.05) is 72.8 Å². The van der Waals surface area contributed by atoms with Crippen molar-refractivity contribution >= 4 is 22.4 Å². The van der Waals surface area contributed by atoms with Crippen LogP contribution in [0.2, 0.25) is 0 Å². The molecule has 3 aromatic carbocycles. The Morgan fingerprint density at radius 3 is 2.14 bits per heavy atom. The van der Waals surface area contributed by atoms with E-state index in [1.165, 1.54) is 11.3 Å². The quantitative estimate of drug-likeness (QED) is 0.454. The highest BCUT2D eigenvalue weighted by molar-refractivity contribution is 7.19. The number of hydrogen-bond acceptors (Lipinski definition) is 4. The molecule has 0 saturated heterocycles. The predicted molar refractivity (Wildman–Crippen MR) is 118 cm³/mol. The highest BCUT2D eigenvalue weighted by Crippen LogP contribution is 2.38. The van der Waals surface area contributed by atoms with Crippen LogP contribution in [0.25, 0.3) is 21.7 Å². The number of ether oxygens (including phenoxy) is 1. The SMILES string of the molecule is COc1ccc(CC(=O)Nc2nc(-c3ccccc3)c(-c3ccccc3)s2)cc1. The van der Waals surface area contributed by atoms with Gasteiger partial charge in [-0.15, -0.1) is 0 Å². The summed E-state index contributed by atoms with van der Waals surface area (Å²) in [4.78, 5) is 18.3. The van der Waals surface area contributed by atoms with Gasteiger partial charge < -0.3 is 10.1 Å². The van der Waals surface area contributed by atoms with Crippen LogP contribution in [0, 0.1) is 0 Å². The van der Waals surface area contributed by atoms with E-state index in [2.05, 4.69) is 17.4 Å². The molecule has 0 radical (unpaired) electrons. The van der Waals surface area contributed by atoms with Gasteiger partial charge in [0.2, 0.25) is 5.91 Å². The highest BCUT2D eigenvalue weighted by Gasteiger charge is 2.16. The molecular weight excluding hydrogens is 380 g/mol. The van der Waals surface area contributed by atoms with Crippen LogP contribution < -0.4 is 10.1 Å². The molecule has 4 nitrogen and oxygen atoms in total. The van der Waals surface area contributed by atoms with Crippen LogP contribution >= 0.6 is 11.3 Å². The Kier molecular flexibility index (Phi) is 5.68. The molecule has 29 heavy (non-hydrogen) atoms. The summed E-state index contributed by atoms with van der Waals surface area (Å²) in [5, 5.41) is 3.55. The largest absolute Gasteiger partial charge is 0.497 e. The molecule has 0 fully saturated rings. The molecule has 0 spiro atoms. The van der Waals surface area contributed by atoms with Crippen molar-refractivity contribution in [3.8, 4) is 27.4 Å². The van der Waals surface area contributed by atoms with Gasteiger partial charge >= 0.3 is 0 Å². The summed E-state index contributed by atoms with van der Waals surface area (Å²) in [6, 6.07) is 27.6. The first-order valence-corrected chi connectivity index (χ1v) is 10.1. The van der Waals surface area contributed by atoms with Crippen LogP contribution in [0.15, 0.2) is 84.9 Å². The number of rotatable bonds is 6. The molecule has 0 aliphatic rings. The second-order valence-corrected chi connectivity index (χ2v) is 7.50. The van der Waals surface area contributed by atoms with Crippen molar-refractivity contribution < 1.29 is 9.53 Å². The lowest BCUT2D eigenvalue weighted by molar-refractivity contribution is -0.115. The Hall–Kier alpha value is -3.44. The van der Waals surface area contributed by atoms with Crippen molar-refractivity contribution in [3.05, 3.63) is 90.5 Å². The second kappa shape index (κ2) is 8.71. The average Bonchev–Trinajstić information content (AvgIpc) is 3.19. The third-order valence-electron chi connectivity index (χ3n) is 4.48. The fourth-order valence-corrected chi connectivity index (χ4v) is 4.05. The van der Waals surface area contributed by atoms with E-state index >= 15 is 0 Å². The number of nitrogens with zero attached hydrogens (tertiary/aromatic N) is 1. The van der Waals surface area contributed by atoms with Crippen LogP contribution in [0.3, 0.4) is 0 Å². The first kappa shape index (κ1) is 18.9. The first-order chi connectivity index (χ1) is 14.2. The van der Waals surface area contributed by atoms with Crippen molar-refractivity contribution in [1.29, 1.82) is 0 Å². The third kappa shape index (κ3) is 4.52. The number of carbonyl (C=O) groups is 1. The fraction of sp³-hybridized carbons (Fsp3) is 0.0833. The molecule has 1 N–H and O–H groups in total. The Morgan fingerprint density at radius 1 is 0.897 bits per heavy atom. The summed E-state index contributed by atoms with van der Waals surface area (Å²) in [6.07, 6.45) is 0.283. The average molecular weight is 401 g/mol. The number of hydrogen-bond donors (Lipinski definition) is 1. The van der Waals surface area contributed by atoms with E-state index in [0.717, 1.165) is 33.0 Å². The summed E-state index contributed by atoms with van der Waals surface area (Å²) >= 11 is 1.49. The molecule has 0 aliphatic heterocycles. The fourth-order valence-electron chi connectivity index (χ4n) is 3.04. The van der Waals surface area contributed by atoms with E-state index in [1.54, 1.807) is 7.11 Å². The van der Waals surface area contributed by atoms with Crippen molar-refractivity contribution in [2.75, 3.05) is 12.4 Å². The minimum atomic E-state index is -0.0943. The zero-order valence-electron chi connectivity index (χ0n) is 16.0. The molecule has 5 heteroatoms. The lowest BCUT2D eigenvalue weighted by Crippen LogP contribution is -2.14. The predicted octanol–water partition coefficient (Wildman–Crippen LogP) is 5.67. The van der Waals surface area contributed by atoms with Crippen molar-refractivity contribution in [1.82, 2.24) is 4.98 Å². The minimum Gasteiger partial charge on any atom is -0.497 e. The summed E-state index contributed by atoms with van der Waals surface area (Å²) in [6.45, 7) is 0. The maximum atomic E-state index is 12.6. The molecule has 4 aromatic rings. The summed E-state index contributed by atoms with van der Waals surface area (Å²) in [5.74, 6) is 0.678. The van der Waals surface area contributed by atoms with Crippen molar-refractivity contribution in [2.24, 2.45) is 0 Å². The van der Waals surface area contributed by atoms with Gasteiger partial charge in [-0.2, -0.15) is 0 Å². The number of anilines is 1.